The topological polar surface area (TPSA) is 32.3 Å². The quantitative estimate of drug-likeness (QED) is 0.893. The van der Waals surface area contributed by atoms with Crippen LogP contribution in [-0.2, 0) is 16.6 Å². The third kappa shape index (κ3) is 3.44. The molecule has 1 aliphatic carbocycles. The van der Waals surface area contributed by atoms with Crippen LogP contribution in [0.2, 0.25) is 5.02 Å². The van der Waals surface area contributed by atoms with Crippen LogP contribution in [0.1, 0.15) is 30.4 Å². The Morgan fingerprint density at radius 2 is 1.76 bits per heavy atom. The van der Waals surface area contributed by atoms with Crippen molar-refractivity contribution in [3.8, 4) is 0 Å². The first-order valence-electron chi connectivity index (χ1n) is 9.01. The smallest absolute Gasteiger partial charge is 0.238 e. The van der Waals surface area contributed by atoms with Crippen molar-refractivity contribution in [2.45, 2.75) is 31.1 Å². The number of rotatable bonds is 3. The molecule has 25 heavy (non-hydrogen) atoms. The Bertz CT molecular complexity index is 764. The van der Waals surface area contributed by atoms with Crippen LogP contribution < -0.4 is 5.32 Å². The number of carbonyl (C=O) groups excluding carboxylic acids is 1. The number of benzene rings is 2. The Hall–Kier alpha value is -1.84. The summed E-state index contributed by atoms with van der Waals surface area (Å²) < 4.78 is 0. The molecule has 3 nitrogen and oxygen atoms in total. The number of likely N-dealkylation sites (tertiary alicyclic amines) is 1. The van der Waals surface area contributed by atoms with Crippen molar-refractivity contribution in [3.05, 3.63) is 64.7 Å². The summed E-state index contributed by atoms with van der Waals surface area (Å²) in [5.41, 5.74) is 4.23. The summed E-state index contributed by atoms with van der Waals surface area (Å²) in [5, 5.41) is 3.63. The highest BCUT2D eigenvalue weighted by Crippen LogP contribution is 2.45. The number of amides is 1. The summed E-state index contributed by atoms with van der Waals surface area (Å²) in [6.07, 6.45) is 4.76. The first-order valence-corrected chi connectivity index (χ1v) is 9.39. The second-order valence-electron chi connectivity index (χ2n) is 7.27. The second kappa shape index (κ2) is 6.81. The maximum absolute atomic E-state index is 12.3. The third-order valence-electron chi connectivity index (χ3n) is 5.77. The molecule has 0 saturated carbocycles. The Morgan fingerprint density at radius 3 is 2.52 bits per heavy atom. The molecule has 1 aliphatic heterocycles. The molecule has 1 amide bonds. The Balaban J connectivity index is 1.33. The van der Waals surface area contributed by atoms with Gasteiger partial charge in [0.05, 0.1) is 6.54 Å². The zero-order chi connectivity index (χ0) is 17.3. The Morgan fingerprint density at radius 1 is 1.04 bits per heavy atom. The monoisotopic (exact) mass is 354 g/mol. The number of fused-ring (bicyclic) bond motifs is 2. The molecule has 4 heteroatoms. The summed E-state index contributed by atoms with van der Waals surface area (Å²) in [6.45, 7) is 2.44. The minimum Gasteiger partial charge on any atom is -0.325 e. The fourth-order valence-corrected chi connectivity index (χ4v) is 4.49. The standard InChI is InChI=1S/C21H23ClN2O/c22-17-5-7-18(8-6-17)23-20(25)15-24-13-11-21(12-14-24)10-9-16-3-1-2-4-19(16)21/h1-8H,9-15H2,(H,23,25). The number of halogens is 1. The predicted octanol–water partition coefficient (Wildman–Crippen LogP) is 4.26. The van der Waals surface area contributed by atoms with Crippen LogP contribution in [0.5, 0.6) is 0 Å². The number of nitrogens with one attached hydrogen (secondary N) is 1. The molecule has 0 atom stereocenters. The van der Waals surface area contributed by atoms with Gasteiger partial charge in [-0.25, -0.2) is 0 Å². The maximum atomic E-state index is 12.3. The number of nitrogens with zero attached hydrogens (tertiary/aromatic N) is 1. The zero-order valence-corrected chi connectivity index (χ0v) is 15.1. The summed E-state index contributed by atoms with van der Waals surface area (Å²) in [6, 6.07) is 16.1. The van der Waals surface area contributed by atoms with Crippen LogP contribution in [-0.4, -0.2) is 30.4 Å². The largest absolute Gasteiger partial charge is 0.325 e. The van der Waals surface area contributed by atoms with E-state index in [1.165, 1.54) is 18.4 Å². The van der Waals surface area contributed by atoms with Gasteiger partial charge in [-0.2, -0.15) is 0 Å². The second-order valence-corrected chi connectivity index (χ2v) is 7.71. The highest BCUT2D eigenvalue weighted by Gasteiger charge is 2.40. The van der Waals surface area contributed by atoms with E-state index in [0.717, 1.165) is 31.6 Å². The molecule has 130 valence electrons. The number of piperidine rings is 1. The highest BCUT2D eigenvalue weighted by atomic mass is 35.5. The minimum absolute atomic E-state index is 0.0464. The molecule has 2 aromatic carbocycles. The average molecular weight is 355 g/mol. The zero-order valence-electron chi connectivity index (χ0n) is 14.3. The fourth-order valence-electron chi connectivity index (χ4n) is 4.36. The molecule has 0 unspecified atom stereocenters. The van der Waals surface area contributed by atoms with Crippen molar-refractivity contribution in [2.24, 2.45) is 0 Å². The van der Waals surface area contributed by atoms with E-state index in [1.807, 2.05) is 12.1 Å². The van der Waals surface area contributed by atoms with E-state index in [9.17, 15) is 4.79 Å². The molecule has 2 aliphatic rings. The SMILES string of the molecule is O=C(CN1CCC2(CCc3ccccc32)CC1)Nc1ccc(Cl)cc1. The van der Waals surface area contributed by atoms with Gasteiger partial charge in [0.1, 0.15) is 0 Å². The number of aryl methyl sites for hydroxylation is 1. The molecule has 1 N–H and O–H groups in total. The van der Waals surface area contributed by atoms with Crippen LogP contribution in [0, 0.1) is 0 Å². The van der Waals surface area contributed by atoms with Crippen LogP contribution in [0.3, 0.4) is 0 Å². The minimum atomic E-state index is 0.0464. The van der Waals surface area contributed by atoms with Gasteiger partial charge < -0.3 is 5.32 Å². The van der Waals surface area contributed by atoms with Crippen molar-refractivity contribution < 1.29 is 4.79 Å². The maximum Gasteiger partial charge on any atom is 0.238 e. The van der Waals surface area contributed by atoms with Crippen LogP contribution in [0.4, 0.5) is 5.69 Å². The summed E-state index contributed by atoms with van der Waals surface area (Å²) >= 11 is 5.88. The van der Waals surface area contributed by atoms with E-state index in [4.69, 9.17) is 11.6 Å². The van der Waals surface area contributed by atoms with Crippen molar-refractivity contribution >= 4 is 23.2 Å². The lowest BCUT2D eigenvalue weighted by atomic mass is 9.74. The predicted molar refractivity (Wildman–Crippen MR) is 102 cm³/mol. The lowest BCUT2D eigenvalue weighted by Crippen LogP contribution is -2.44. The van der Waals surface area contributed by atoms with E-state index < -0.39 is 0 Å². The summed E-state index contributed by atoms with van der Waals surface area (Å²) in [5.74, 6) is 0.0464. The lowest BCUT2D eigenvalue weighted by molar-refractivity contribution is -0.117. The molecule has 0 aromatic heterocycles. The van der Waals surface area contributed by atoms with Gasteiger partial charge in [-0.3, -0.25) is 9.69 Å². The van der Waals surface area contributed by atoms with Gasteiger partial charge in [-0.15, -0.1) is 0 Å². The van der Waals surface area contributed by atoms with Crippen LogP contribution >= 0.6 is 11.6 Å². The molecule has 1 fully saturated rings. The van der Waals surface area contributed by atoms with Crippen LogP contribution in [0.25, 0.3) is 0 Å². The van der Waals surface area contributed by atoms with Gasteiger partial charge in [0.15, 0.2) is 0 Å². The van der Waals surface area contributed by atoms with E-state index in [0.29, 0.717) is 17.0 Å². The first-order chi connectivity index (χ1) is 12.1. The molecular weight excluding hydrogens is 332 g/mol. The molecule has 1 heterocycles. The molecule has 2 aromatic rings. The average Bonchev–Trinajstić information content (AvgIpc) is 2.98. The molecule has 4 rings (SSSR count). The van der Waals surface area contributed by atoms with E-state index in [2.05, 4.69) is 34.5 Å². The van der Waals surface area contributed by atoms with Gasteiger partial charge in [0.25, 0.3) is 0 Å². The van der Waals surface area contributed by atoms with Crippen molar-refractivity contribution in [1.29, 1.82) is 0 Å². The number of hydrogen-bond donors (Lipinski definition) is 1. The fraction of sp³-hybridized carbons (Fsp3) is 0.381. The molecule has 0 bridgehead atoms. The van der Waals surface area contributed by atoms with Crippen molar-refractivity contribution in [1.82, 2.24) is 4.90 Å². The van der Waals surface area contributed by atoms with Gasteiger partial charge in [0, 0.05) is 10.7 Å². The van der Waals surface area contributed by atoms with Crippen molar-refractivity contribution in [2.75, 3.05) is 25.0 Å². The van der Waals surface area contributed by atoms with Crippen molar-refractivity contribution in [3.63, 3.8) is 0 Å². The van der Waals surface area contributed by atoms with E-state index in [1.54, 1.807) is 17.7 Å². The van der Waals surface area contributed by atoms with Crippen LogP contribution in [0.15, 0.2) is 48.5 Å². The Labute approximate surface area is 154 Å². The van der Waals surface area contributed by atoms with E-state index in [-0.39, 0.29) is 5.91 Å². The number of anilines is 1. The lowest BCUT2D eigenvalue weighted by Gasteiger charge is -2.40. The molecular formula is C21H23ClN2O. The summed E-state index contributed by atoms with van der Waals surface area (Å²) in [4.78, 5) is 14.6. The molecule has 0 radical (unpaired) electrons. The van der Waals surface area contributed by atoms with Gasteiger partial charge >= 0.3 is 0 Å². The normalized spacial score (nSPS) is 18.9. The van der Waals surface area contributed by atoms with Gasteiger partial charge in [-0.05, 0) is 79.6 Å². The van der Waals surface area contributed by atoms with Gasteiger partial charge in [-0.1, -0.05) is 35.9 Å². The summed E-state index contributed by atoms with van der Waals surface area (Å²) in [7, 11) is 0. The van der Waals surface area contributed by atoms with E-state index >= 15 is 0 Å². The number of carbonyl (C=O) groups is 1. The first kappa shape index (κ1) is 16.6. The Kier molecular flexibility index (Phi) is 4.53. The van der Waals surface area contributed by atoms with Gasteiger partial charge in [0.2, 0.25) is 5.91 Å². The third-order valence-corrected chi connectivity index (χ3v) is 6.02. The highest BCUT2D eigenvalue weighted by molar-refractivity contribution is 6.30. The molecule has 1 spiro atoms. The molecule has 1 saturated heterocycles. The number of hydrogen-bond acceptors (Lipinski definition) is 2.